The number of carbonyl (C=O) groups excluding carboxylic acids is 1. The lowest BCUT2D eigenvalue weighted by Gasteiger charge is -2.12. The molecule has 0 spiro atoms. The van der Waals surface area contributed by atoms with Gasteiger partial charge in [-0.25, -0.2) is 13.9 Å². The largest absolute Gasteiger partial charge is 0.490 e. The number of carbonyl (C=O) groups is 1. The van der Waals surface area contributed by atoms with E-state index in [1.54, 1.807) is 18.2 Å². The van der Waals surface area contributed by atoms with Crippen molar-refractivity contribution >= 4 is 11.6 Å². The Morgan fingerprint density at radius 2 is 1.67 bits per heavy atom. The Morgan fingerprint density at radius 3 is 2.33 bits per heavy atom. The average molecular weight is 502 g/mol. The van der Waals surface area contributed by atoms with Crippen LogP contribution in [-0.4, -0.2) is 33.7 Å². The molecule has 0 radical (unpaired) electrons. The molecule has 0 aliphatic rings. The highest BCUT2D eigenvalue weighted by atomic mass is 19.4. The summed E-state index contributed by atoms with van der Waals surface area (Å²) in [5, 5.41) is 6.49. The molecule has 2 aromatic heterocycles. The SMILES string of the molecule is CCOc1ccc(CNC(=O)c2cc3nc(-c4ccc(F)cc4)cc(C(F)(F)F)n3n2)cc1OCC. The molecule has 2 aromatic carbocycles. The fourth-order valence-corrected chi connectivity index (χ4v) is 3.53. The van der Waals surface area contributed by atoms with E-state index in [-0.39, 0.29) is 29.1 Å². The number of amides is 1. The maximum Gasteiger partial charge on any atom is 0.433 e. The molecular weight excluding hydrogens is 480 g/mol. The van der Waals surface area contributed by atoms with Crippen LogP contribution in [0, 0.1) is 5.82 Å². The van der Waals surface area contributed by atoms with E-state index in [2.05, 4.69) is 15.4 Å². The van der Waals surface area contributed by atoms with E-state index in [9.17, 15) is 22.4 Å². The van der Waals surface area contributed by atoms with Crippen molar-refractivity contribution in [3.63, 3.8) is 0 Å². The van der Waals surface area contributed by atoms with Crippen molar-refractivity contribution in [2.45, 2.75) is 26.6 Å². The van der Waals surface area contributed by atoms with Gasteiger partial charge in [-0.05, 0) is 61.9 Å². The molecular formula is C25H22F4N4O3. The highest BCUT2D eigenvalue weighted by Gasteiger charge is 2.35. The molecule has 0 bridgehead atoms. The number of hydrogen-bond acceptors (Lipinski definition) is 5. The van der Waals surface area contributed by atoms with Crippen LogP contribution in [0.4, 0.5) is 17.6 Å². The maximum absolute atomic E-state index is 13.8. The molecule has 0 aliphatic carbocycles. The zero-order valence-corrected chi connectivity index (χ0v) is 19.4. The molecule has 0 aliphatic heterocycles. The van der Waals surface area contributed by atoms with Crippen molar-refractivity contribution in [3.8, 4) is 22.8 Å². The number of hydrogen-bond donors (Lipinski definition) is 1. The minimum atomic E-state index is -4.77. The van der Waals surface area contributed by atoms with Crippen LogP contribution in [0.15, 0.2) is 54.6 Å². The van der Waals surface area contributed by atoms with Crippen molar-refractivity contribution in [1.82, 2.24) is 19.9 Å². The number of ether oxygens (including phenoxy) is 2. The predicted octanol–water partition coefficient (Wildman–Crippen LogP) is 5.28. The standard InChI is InChI=1S/C25H22F4N4O3/c1-3-35-20-10-5-15(11-21(20)36-4-2)14-30-24(34)19-13-23-31-18(16-6-8-17(26)9-7-16)12-22(25(27,28)29)33(23)32-19/h5-13H,3-4,14H2,1-2H3,(H,30,34). The number of fused-ring (bicyclic) bond motifs is 1. The first-order valence-corrected chi connectivity index (χ1v) is 11.1. The summed E-state index contributed by atoms with van der Waals surface area (Å²) < 4.78 is 66.2. The van der Waals surface area contributed by atoms with Crippen LogP contribution < -0.4 is 14.8 Å². The number of alkyl halides is 3. The first-order valence-electron chi connectivity index (χ1n) is 11.1. The third-order valence-corrected chi connectivity index (χ3v) is 5.15. The summed E-state index contributed by atoms with van der Waals surface area (Å²) in [4.78, 5) is 16.9. The summed E-state index contributed by atoms with van der Waals surface area (Å²) >= 11 is 0. The van der Waals surface area contributed by atoms with Gasteiger partial charge in [0.1, 0.15) is 5.82 Å². The molecule has 4 aromatic rings. The van der Waals surface area contributed by atoms with Gasteiger partial charge in [-0.15, -0.1) is 0 Å². The minimum Gasteiger partial charge on any atom is -0.490 e. The lowest BCUT2D eigenvalue weighted by molar-refractivity contribution is -0.142. The Morgan fingerprint density at radius 1 is 0.972 bits per heavy atom. The Hall–Kier alpha value is -4.15. The Balaban J connectivity index is 1.61. The molecule has 0 unspecified atom stereocenters. The molecule has 188 valence electrons. The van der Waals surface area contributed by atoms with E-state index in [1.165, 1.54) is 18.2 Å². The van der Waals surface area contributed by atoms with Crippen LogP contribution in [0.1, 0.15) is 35.6 Å². The molecule has 1 amide bonds. The summed E-state index contributed by atoms with van der Waals surface area (Å²) in [7, 11) is 0. The average Bonchev–Trinajstić information content (AvgIpc) is 3.28. The topological polar surface area (TPSA) is 77.8 Å². The third kappa shape index (κ3) is 5.40. The summed E-state index contributed by atoms with van der Waals surface area (Å²) in [5.74, 6) is -0.118. The van der Waals surface area contributed by atoms with Gasteiger partial charge >= 0.3 is 6.18 Å². The van der Waals surface area contributed by atoms with E-state index in [1.807, 2.05) is 13.8 Å². The highest BCUT2D eigenvalue weighted by Crippen LogP contribution is 2.32. The van der Waals surface area contributed by atoms with Gasteiger partial charge in [0.25, 0.3) is 5.91 Å². The first-order chi connectivity index (χ1) is 17.2. The molecule has 1 N–H and O–H groups in total. The monoisotopic (exact) mass is 502 g/mol. The van der Waals surface area contributed by atoms with Crippen LogP contribution >= 0.6 is 0 Å². The number of nitrogens with one attached hydrogen (secondary N) is 1. The summed E-state index contributed by atoms with van der Waals surface area (Å²) in [6, 6.07) is 12.1. The maximum atomic E-state index is 13.8. The number of rotatable bonds is 8. The zero-order chi connectivity index (χ0) is 25.9. The summed E-state index contributed by atoms with van der Waals surface area (Å²) in [6.07, 6.45) is -4.77. The van der Waals surface area contributed by atoms with Gasteiger partial charge < -0.3 is 14.8 Å². The van der Waals surface area contributed by atoms with Crippen molar-refractivity contribution in [3.05, 3.63) is 77.4 Å². The quantitative estimate of drug-likeness (QED) is 0.332. The second kappa shape index (κ2) is 10.2. The molecule has 11 heteroatoms. The number of halogens is 4. The van der Waals surface area contributed by atoms with Gasteiger partial charge in [0.05, 0.1) is 18.9 Å². The molecule has 0 fully saturated rings. The molecule has 2 heterocycles. The number of benzene rings is 2. The highest BCUT2D eigenvalue weighted by molar-refractivity contribution is 5.93. The third-order valence-electron chi connectivity index (χ3n) is 5.15. The van der Waals surface area contributed by atoms with Gasteiger partial charge in [0.2, 0.25) is 0 Å². The van der Waals surface area contributed by atoms with Crippen molar-refractivity contribution < 1.29 is 31.8 Å². The van der Waals surface area contributed by atoms with E-state index in [0.29, 0.717) is 34.8 Å². The predicted molar refractivity (Wildman–Crippen MR) is 123 cm³/mol. The number of nitrogens with zero attached hydrogens (tertiary/aromatic N) is 3. The van der Waals surface area contributed by atoms with E-state index in [0.717, 1.165) is 18.2 Å². The van der Waals surface area contributed by atoms with Crippen molar-refractivity contribution in [2.24, 2.45) is 0 Å². The zero-order valence-electron chi connectivity index (χ0n) is 19.4. The Labute approximate surface area is 203 Å². The second-order valence-electron chi connectivity index (χ2n) is 7.66. The van der Waals surface area contributed by atoms with Gasteiger partial charge in [-0.2, -0.15) is 18.3 Å². The van der Waals surface area contributed by atoms with E-state index < -0.39 is 23.6 Å². The van der Waals surface area contributed by atoms with Gasteiger partial charge in [0, 0.05) is 18.2 Å². The molecule has 0 saturated heterocycles. The smallest absolute Gasteiger partial charge is 0.433 e. The Kier molecular flexibility index (Phi) is 7.09. The molecule has 7 nitrogen and oxygen atoms in total. The van der Waals surface area contributed by atoms with E-state index >= 15 is 0 Å². The van der Waals surface area contributed by atoms with Gasteiger partial charge in [0.15, 0.2) is 28.5 Å². The normalized spacial score (nSPS) is 11.5. The molecule has 4 rings (SSSR count). The first kappa shape index (κ1) is 25.0. The van der Waals surface area contributed by atoms with Gasteiger partial charge in [-0.3, -0.25) is 4.79 Å². The second-order valence-corrected chi connectivity index (χ2v) is 7.66. The van der Waals surface area contributed by atoms with Crippen molar-refractivity contribution in [2.75, 3.05) is 13.2 Å². The van der Waals surface area contributed by atoms with Crippen molar-refractivity contribution in [1.29, 1.82) is 0 Å². The fourth-order valence-electron chi connectivity index (χ4n) is 3.53. The molecule has 36 heavy (non-hydrogen) atoms. The van der Waals surface area contributed by atoms with Gasteiger partial charge in [-0.1, -0.05) is 6.07 Å². The molecule has 0 saturated carbocycles. The van der Waals surface area contributed by atoms with Crippen LogP contribution in [-0.2, 0) is 12.7 Å². The van der Waals surface area contributed by atoms with Crippen LogP contribution in [0.5, 0.6) is 11.5 Å². The van der Waals surface area contributed by atoms with Crippen LogP contribution in [0.2, 0.25) is 0 Å². The molecule has 0 atom stereocenters. The number of aromatic nitrogens is 3. The van der Waals surface area contributed by atoms with E-state index in [4.69, 9.17) is 9.47 Å². The summed E-state index contributed by atoms with van der Waals surface area (Å²) in [6.45, 7) is 4.64. The fraction of sp³-hybridized carbons (Fsp3) is 0.240. The minimum absolute atomic E-state index is 0.0282. The lowest BCUT2D eigenvalue weighted by Crippen LogP contribution is -2.23. The lowest BCUT2D eigenvalue weighted by atomic mass is 10.1. The van der Waals surface area contributed by atoms with Crippen LogP contribution in [0.3, 0.4) is 0 Å². The van der Waals surface area contributed by atoms with Crippen LogP contribution in [0.25, 0.3) is 16.9 Å². The Bertz CT molecular complexity index is 1380. The summed E-state index contributed by atoms with van der Waals surface area (Å²) in [5.41, 5.74) is -0.559.